The fourth-order valence-corrected chi connectivity index (χ4v) is 1.96. The number of rotatable bonds is 2. The molecule has 1 unspecified atom stereocenters. The normalized spacial score (nSPS) is 22.9. The van der Waals surface area contributed by atoms with E-state index >= 15 is 0 Å². The fraction of sp³-hybridized carbons (Fsp3) is 0.727. The average molecular weight is 194 g/mol. The molecule has 3 nitrogen and oxygen atoms in total. The van der Waals surface area contributed by atoms with Crippen LogP contribution in [0.5, 0.6) is 0 Å². The van der Waals surface area contributed by atoms with Gasteiger partial charge in [-0.05, 0) is 19.3 Å². The zero-order valence-electron chi connectivity index (χ0n) is 8.94. The molecule has 0 saturated carbocycles. The van der Waals surface area contributed by atoms with Crippen LogP contribution >= 0.6 is 0 Å². The maximum absolute atomic E-state index is 5.74. The van der Waals surface area contributed by atoms with Crippen LogP contribution in [0.4, 0.5) is 0 Å². The Bertz CT molecular complexity index is 287. The van der Waals surface area contributed by atoms with Gasteiger partial charge in [0.25, 0.3) is 0 Å². The molecule has 78 valence electrons. The Morgan fingerprint density at radius 2 is 2.36 bits per heavy atom. The lowest BCUT2D eigenvalue weighted by atomic mass is 10.1. The largest absolute Gasteiger partial charge is 0.358 e. The molecule has 0 aromatic carbocycles. The molecule has 14 heavy (non-hydrogen) atoms. The van der Waals surface area contributed by atoms with Crippen LogP contribution < -0.4 is 0 Å². The molecule has 1 saturated heterocycles. The molecule has 1 aromatic rings. The van der Waals surface area contributed by atoms with E-state index in [1.165, 1.54) is 12.8 Å². The zero-order chi connectivity index (χ0) is 9.97. The zero-order valence-corrected chi connectivity index (χ0v) is 8.94. The molecule has 0 aliphatic carbocycles. The van der Waals surface area contributed by atoms with E-state index < -0.39 is 0 Å². The second-order valence-electron chi connectivity index (χ2n) is 4.17. The van der Waals surface area contributed by atoms with Gasteiger partial charge in [0.1, 0.15) is 12.1 Å². The van der Waals surface area contributed by atoms with E-state index in [1.807, 2.05) is 12.4 Å². The minimum atomic E-state index is 0.226. The number of aromatic nitrogens is 2. The number of ether oxygens (including phenoxy) is 1. The molecule has 2 heterocycles. The molecule has 1 atom stereocenters. The first-order chi connectivity index (χ1) is 6.79. The van der Waals surface area contributed by atoms with E-state index in [1.54, 1.807) is 0 Å². The highest BCUT2D eigenvalue weighted by Crippen LogP contribution is 2.25. The van der Waals surface area contributed by atoms with Crippen LogP contribution in [-0.4, -0.2) is 16.2 Å². The summed E-state index contributed by atoms with van der Waals surface area (Å²) in [6.07, 6.45) is 7.71. The first kappa shape index (κ1) is 9.71. The molecule has 1 aliphatic rings. The third-order valence-electron chi connectivity index (χ3n) is 2.68. The lowest BCUT2D eigenvalue weighted by Crippen LogP contribution is -2.19. The van der Waals surface area contributed by atoms with Crippen LogP contribution in [0.1, 0.15) is 51.1 Å². The Morgan fingerprint density at radius 1 is 1.50 bits per heavy atom. The number of imidazole rings is 1. The summed E-state index contributed by atoms with van der Waals surface area (Å²) >= 11 is 0. The predicted octanol–water partition coefficient (Wildman–Crippen LogP) is 2.71. The Kier molecular flexibility index (Phi) is 2.87. The first-order valence-electron chi connectivity index (χ1n) is 5.43. The van der Waals surface area contributed by atoms with Crippen molar-refractivity contribution in [1.82, 2.24) is 9.55 Å². The van der Waals surface area contributed by atoms with Crippen LogP contribution in [0.3, 0.4) is 0 Å². The van der Waals surface area contributed by atoms with E-state index in [0.717, 1.165) is 18.9 Å². The lowest BCUT2D eigenvalue weighted by Gasteiger charge is -2.25. The maximum Gasteiger partial charge on any atom is 0.135 e. The highest BCUT2D eigenvalue weighted by atomic mass is 16.5. The van der Waals surface area contributed by atoms with Crippen LogP contribution in [0.2, 0.25) is 0 Å². The minimum Gasteiger partial charge on any atom is -0.358 e. The van der Waals surface area contributed by atoms with Gasteiger partial charge in [-0.25, -0.2) is 4.98 Å². The summed E-state index contributed by atoms with van der Waals surface area (Å²) in [5.74, 6) is 1.60. The van der Waals surface area contributed by atoms with Crippen LogP contribution in [0, 0.1) is 0 Å². The quantitative estimate of drug-likeness (QED) is 0.723. The van der Waals surface area contributed by atoms with Crippen molar-refractivity contribution >= 4 is 0 Å². The van der Waals surface area contributed by atoms with Gasteiger partial charge < -0.3 is 9.30 Å². The van der Waals surface area contributed by atoms with Crippen molar-refractivity contribution in [2.24, 2.45) is 0 Å². The van der Waals surface area contributed by atoms with Crippen molar-refractivity contribution in [3.8, 4) is 0 Å². The van der Waals surface area contributed by atoms with Crippen LogP contribution in [-0.2, 0) is 4.74 Å². The second-order valence-corrected chi connectivity index (χ2v) is 4.17. The molecule has 0 spiro atoms. The van der Waals surface area contributed by atoms with E-state index in [-0.39, 0.29) is 6.23 Å². The third-order valence-corrected chi connectivity index (χ3v) is 2.68. The van der Waals surface area contributed by atoms with Gasteiger partial charge in [0.15, 0.2) is 0 Å². The molecule has 1 aliphatic heterocycles. The van der Waals surface area contributed by atoms with Gasteiger partial charge in [0, 0.05) is 24.9 Å². The highest BCUT2D eigenvalue weighted by molar-refractivity contribution is 4.99. The molecule has 3 heteroatoms. The monoisotopic (exact) mass is 194 g/mol. The fourth-order valence-electron chi connectivity index (χ4n) is 1.96. The third kappa shape index (κ3) is 1.82. The van der Waals surface area contributed by atoms with Gasteiger partial charge in [0.05, 0.1) is 0 Å². The lowest BCUT2D eigenvalue weighted by molar-refractivity contribution is -0.0339. The van der Waals surface area contributed by atoms with Gasteiger partial charge in [-0.15, -0.1) is 0 Å². The Morgan fingerprint density at radius 3 is 3.00 bits per heavy atom. The van der Waals surface area contributed by atoms with Crippen molar-refractivity contribution < 1.29 is 4.74 Å². The standard InChI is InChI=1S/C11H18N2O/c1-9(2)11-12-6-7-13(11)10-5-3-4-8-14-10/h6-7,9-10H,3-5,8H2,1-2H3. The van der Waals surface area contributed by atoms with Crippen molar-refractivity contribution in [3.05, 3.63) is 18.2 Å². The van der Waals surface area contributed by atoms with Crippen LogP contribution in [0.15, 0.2) is 12.4 Å². The van der Waals surface area contributed by atoms with Crippen molar-refractivity contribution in [2.75, 3.05) is 6.61 Å². The smallest absolute Gasteiger partial charge is 0.135 e. The summed E-state index contributed by atoms with van der Waals surface area (Å²) in [5.41, 5.74) is 0. The second kappa shape index (κ2) is 4.13. The predicted molar refractivity (Wildman–Crippen MR) is 55.2 cm³/mol. The van der Waals surface area contributed by atoms with Gasteiger partial charge in [0.2, 0.25) is 0 Å². The van der Waals surface area contributed by atoms with E-state index in [9.17, 15) is 0 Å². The Balaban J connectivity index is 2.17. The molecular formula is C11H18N2O. The summed E-state index contributed by atoms with van der Waals surface area (Å²) in [4.78, 5) is 4.37. The molecule has 0 radical (unpaired) electrons. The molecule has 0 N–H and O–H groups in total. The Hall–Kier alpha value is -0.830. The Labute approximate surface area is 85.1 Å². The van der Waals surface area contributed by atoms with Crippen LogP contribution in [0.25, 0.3) is 0 Å². The number of nitrogens with zero attached hydrogens (tertiary/aromatic N) is 2. The number of hydrogen-bond acceptors (Lipinski definition) is 2. The first-order valence-corrected chi connectivity index (χ1v) is 5.43. The van der Waals surface area contributed by atoms with Gasteiger partial charge in [-0.3, -0.25) is 0 Å². The summed E-state index contributed by atoms with van der Waals surface area (Å²) in [6.45, 7) is 5.23. The highest BCUT2D eigenvalue weighted by Gasteiger charge is 2.19. The van der Waals surface area contributed by atoms with Crippen molar-refractivity contribution in [2.45, 2.75) is 45.3 Å². The SMILES string of the molecule is CC(C)c1nccn1C1CCCCO1. The average Bonchev–Trinajstić information content (AvgIpc) is 2.67. The molecular weight excluding hydrogens is 176 g/mol. The summed E-state index contributed by atoms with van der Waals surface area (Å²) in [5, 5.41) is 0. The van der Waals surface area contributed by atoms with Gasteiger partial charge in [-0.1, -0.05) is 13.8 Å². The van der Waals surface area contributed by atoms with E-state index in [2.05, 4.69) is 23.4 Å². The summed E-state index contributed by atoms with van der Waals surface area (Å²) in [6, 6.07) is 0. The molecule has 1 fully saturated rings. The molecule has 0 amide bonds. The molecule has 0 bridgehead atoms. The van der Waals surface area contributed by atoms with Crippen molar-refractivity contribution in [3.63, 3.8) is 0 Å². The summed E-state index contributed by atoms with van der Waals surface area (Å²) < 4.78 is 7.92. The topological polar surface area (TPSA) is 27.1 Å². The van der Waals surface area contributed by atoms with E-state index in [4.69, 9.17) is 4.74 Å². The maximum atomic E-state index is 5.74. The van der Waals surface area contributed by atoms with E-state index in [0.29, 0.717) is 5.92 Å². The molecule has 1 aromatic heterocycles. The van der Waals surface area contributed by atoms with Gasteiger partial charge >= 0.3 is 0 Å². The number of hydrogen-bond donors (Lipinski definition) is 0. The molecule has 2 rings (SSSR count). The van der Waals surface area contributed by atoms with Gasteiger partial charge in [-0.2, -0.15) is 0 Å². The minimum absolute atomic E-state index is 0.226. The summed E-state index contributed by atoms with van der Waals surface area (Å²) in [7, 11) is 0. The van der Waals surface area contributed by atoms with Crippen molar-refractivity contribution in [1.29, 1.82) is 0 Å².